The molecule has 1 N–H and O–H groups in total. The minimum atomic E-state index is -1.78. The second kappa shape index (κ2) is 5.68. The largest absolute Gasteiger partial charge is 0.413 e. The summed E-state index contributed by atoms with van der Waals surface area (Å²) in [6.45, 7) is 15.6. The van der Waals surface area contributed by atoms with Gasteiger partial charge in [0.1, 0.15) is 0 Å². The van der Waals surface area contributed by atoms with Crippen LogP contribution in [0.3, 0.4) is 0 Å². The summed E-state index contributed by atoms with van der Waals surface area (Å²) >= 11 is 0. The lowest BCUT2D eigenvalue weighted by Gasteiger charge is -2.57. The van der Waals surface area contributed by atoms with E-state index < -0.39 is 13.9 Å². The Morgan fingerprint density at radius 3 is 2.29 bits per heavy atom. The summed E-state index contributed by atoms with van der Waals surface area (Å²) in [4.78, 5) is 0. The molecule has 3 heteroatoms. The minimum absolute atomic E-state index is 0.235. The van der Waals surface area contributed by atoms with Crippen LogP contribution >= 0.6 is 0 Å². The van der Waals surface area contributed by atoms with Crippen molar-refractivity contribution in [3.8, 4) is 0 Å². The molecule has 24 heavy (non-hydrogen) atoms. The standard InChI is InChI=1S/C21H34O2Si/c1-20(2,3)24(6,7)23-18-12-14-10-8-9-11-15(14)19-16(18)13-17(19)21(4,5)22/h8-11,16-19,22H,12-13H2,1-7H3/t16-,17+,18+,19+/m1/s1. The Hall–Kier alpha value is -0.643. The average Bonchev–Trinajstić information content (AvgIpc) is 2.35. The third kappa shape index (κ3) is 3.00. The normalized spacial score (nSPS) is 30.3. The Kier molecular flexibility index (Phi) is 4.30. The van der Waals surface area contributed by atoms with Crippen LogP contribution in [0.2, 0.25) is 18.1 Å². The van der Waals surface area contributed by atoms with Crippen molar-refractivity contribution < 1.29 is 9.53 Å². The van der Waals surface area contributed by atoms with Gasteiger partial charge < -0.3 is 9.53 Å². The quantitative estimate of drug-likeness (QED) is 0.769. The van der Waals surface area contributed by atoms with Crippen molar-refractivity contribution in [1.29, 1.82) is 0 Å². The van der Waals surface area contributed by atoms with E-state index in [0.29, 0.717) is 23.9 Å². The van der Waals surface area contributed by atoms with Crippen molar-refractivity contribution in [3.05, 3.63) is 35.4 Å². The molecular formula is C21H34O2Si. The van der Waals surface area contributed by atoms with Gasteiger partial charge in [-0.3, -0.25) is 0 Å². The van der Waals surface area contributed by atoms with Gasteiger partial charge in [0.2, 0.25) is 0 Å². The fourth-order valence-electron chi connectivity index (χ4n) is 4.34. The summed E-state index contributed by atoms with van der Waals surface area (Å²) in [6.07, 6.45) is 2.42. The Balaban J connectivity index is 1.91. The van der Waals surface area contributed by atoms with E-state index in [0.717, 1.165) is 12.8 Å². The lowest BCUT2D eigenvalue weighted by atomic mass is 9.52. The van der Waals surface area contributed by atoms with Crippen LogP contribution in [-0.4, -0.2) is 25.1 Å². The van der Waals surface area contributed by atoms with Crippen LogP contribution in [-0.2, 0) is 10.8 Å². The smallest absolute Gasteiger partial charge is 0.192 e. The molecule has 3 rings (SSSR count). The number of hydrogen-bond acceptors (Lipinski definition) is 2. The first-order valence-corrected chi connectivity index (χ1v) is 12.3. The molecule has 0 spiro atoms. The maximum atomic E-state index is 10.6. The first kappa shape index (κ1) is 18.2. The molecule has 0 heterocycles. The van der Waals surface area contributed by atoms with Gasteiger partial charge in [-0.05, 0) is 73.7 Å². The number of rotatable bonds is 3. The number of benzene rings is 1. The molecule has 0 amide bonds. The van der Waals surface area contributed by atoms with Gasteiger partial charge in [0, 0.05) is 0 Å². The summed E-state index contributed by atoms with van der Waals surface area (Å²) in [5.41, 5.74) is 2.26. The van der Waals surface area contributed by atoms with Crippen LogP contribution in [0.1, 0.15) is 58.1 Å². The summed E-state index contributed by atoms with van der Waals surface area (Å²) in [6, 6.07) is 8.81. The van der Waals surface area contributed by atoms with E-state index in [4.69, 9.17) is 4.43 Å². The fourth-order valence-corrected chi connectivity index (χ4v) is 5.71. The molecule has 0 aliphatic heterocycles. The van der Waals surface area contributed by atoms with Crippen molar-refractivity contribution in [1.82, 2.24) is 0 Å². The van der Waals surface area contributed by atoms with E-state index in [-0.39, 0.29) is 5.04 Å². The summed E-state index contributed by atoms with van der Waals surface area (Å²) in [5, 5.41) is 10.9. The van der Waals surface area contributed by atoms with Gasteiger partial charge in [0.05, 0.1) is 11.7 Å². The van der Waals surface area contributed by atoms with Gasteiger partial charge in [0.15, 0.2) is 8.32 Å². The molecule has 2 aliphatic rings. The topological polar surface area (TPSA) is 29.5 Å². The number of hydrogen-bond donors (Lipinski definition) is 1. The van der Waals surface area contributed by atoms with E-state index in [9.17, 15) is 5.11 Å². The van der Waals surface area contributed by atoms with Gasteiger partial charge in [-0.2, -0.15) is 0 Å². The fraction of sp³-hybridized carbons (Fsp3) is 0.714. The van der Waals surface area contributed by atoms with E-state index in [1.807, 2.05) is 13.8 Å². The van der Waals surface area contributed by atoms with Crippen molar-refractivity contribution in [2.24, 2.45) is 11.8 Å². The lowest BCUT2D eigenvalue weighted by Crippen LogP contribution is -2.57. The molecule has 1 aromatic carbocycles. The molecule has 0 saturated heterocycles. The molecule has 1 aromatic rings. The van der Waals surface area contributed by atoms with Gasteiger partial charge in [-0.25, -0.2) is 0 Å². The predicted molar refractivity (Wildman–Crippen MR) is 103 cm³/mol. The Labute approximate surface area is 148 Å². The van der Waals surface area contributed by atoms with Crippen LogP contribution < -0.4 is 0 Å². The van der Waals surface area contributed by atoms with Crippen LogP contribution in [0.15, 0.2) is 24.3 Å². The third-order valence-corrected chi connectivity index (χ3v) is 11.4. The zero-order chi connectivity index (χ0) is 17.9. The van der Waals surface area contributed by atoms with E-state index in [1.54, 1.807) is 0 Å². The number of aliphatic hydroxyl groups is 1. The molecule has 0 aromatic heterocycles. The van der Waals surface area contributed by atoms with Gasteiger partial charge >= 0.3 is 0 Å². The van der Waals surface area contributed by atoms with Gasteiger partial charge in [-0.1, -0.05) is 45.0 Å². The van der Waals surface area contributed by atoms with Crippen LogP contribution in [0, 0.1) is 11.8 Å². The molecular weight excluding hydrogens is 312 g/mol. The highest BCUT2D eigenvalue weighted by molar-refractivity contribution is 6.74. The van der Waals surface area contributed by atoms with E-state index in [1.165, 1.54) is 11.1 Å². The second-order valence-corrected chi connectivity index (χ2v) is 14.8. The zero-order valence-electron chi connectivity index (χ0n) is 16.4. The molecule has 134 valence electrons. The minimum Gasteiger partial charge on any atom is -0.413 e. The molecule has 4 atom stereocenters. The highest BCUT2D eigenvalue weighted by atomic mass is 28.4. The maximum Gasteiger partial charge on any atom is 0.192 e. The number of fused-ring (bicyclic) bond motifs is 3. The Morgan fingerprint density at radius 2 is 1.71 bits per heavy atom. The monoisotopic (exact) mass is 346 g/mol. The average molecular weight is 347 g/mol. The Morgan fingerprint density at radius 1 is 1.08 bits per heavy atom. The summed E-state index contributed by atoms with van der Waals surface area (Å²) in [5.74, 6) is 1.35. The maximum absolute atomic E-state index is 10.6. The second-order valence-electron chi connectivity index (χ2n) is 10.0. The molecule has 2 aliphatic carbocycles. The summed E-state index contributed by atoms with van der Waals surface area (Å²) in [7, 11) is -1.78. The molecule has 0 bridgehead atoms. The zero-order valence-corrected chi connectivity index (χ0v) is 17.4. The Bertz CT molecular complexity index is 609. The first-order valence-electron chi connectivity index (χ1n) is 9.40. The van der Waals surface area contributed by atoms with E-state index >= 15 is 0 Å². The van der Waals surface area contributed by atoms with Crippen LogP contribution in [0.5, 0.6) is 0 Å². The molecule has 0 unspecified atom stereocenters. The highest BCUT2D eigenvalue weighted by Gasteiger charge is 2.55. The molecule has 0 radical (unpaired) electrons. The van der Waals surface area contributed by atoms with Crippen molar-refractivity contribution in [2.45, 2.75) is 83.2 Å². The first-order chi connectivity index (χ1) is 10.9. The van der Waals surface area contributed by atoms with Gasteiger partial charge in [0.25, 0.3) is 0 Å². The molecule has 1 saturated carbocycles. The van der Waals surface area contributed by atoms with Gasteiger partial charge in [-0.15, -0.1) is 0 Å². The lowest BCUT2D eigenvalue weighted by molar-refractivity contribution is -0.0959. The van der Waals surface area contributed by atoms with Crippen molar-refractivity contribution in [2.75, 3.05) is 0 Å². The van der Waals surface area contributed by atoms with E-state index in [2.05, 4.69) is 58.1 Å². The van der Waals surface area contributed by atoms with Crippen molar-refractivity contribution in [3.63, 3.8) is 0 Å². The van der Waals surface area contributed by atoms with Crippen molar-refractivity contribution >= 4 is 8.32 Å². The molecule has 1 fully saturated rings. The SMILES string of the molecule is CC(C)(O)[C@H]1C[C@H]2[C@@H]1c1ccccc1C[C@@H]2O[Si](C)(C)C(C)(C)C. The van der Waals surface area contributed by atoms with Crippen LogP contribution in [0.25, 0.3) is 0 Å². The third-order valence-electron chi connectivity index (χ3n) is 6.89. The highest BCUT2D eigenvalue weighted by Crippen LogP contribution is 2.58. The predicted octanol–water partition coefficient (Wildman–Crippen LogP) is 5.12. The van der Waals surface area contributed by atoms with Crippen LogP contribution in [0.4, 0.5) is 0 Å². The molecule has 2 nitrogen and oxygen atoms in total. The summed E-state index contributed by atoms with van der Waals surface area (Å²) < 4.78 is 6.85.